The number of sulfone groups is 1. The lowest BCUT2D eigenvalue weighted by Gasteiger charge is -2.09. The number of aryl methyl sites for hydroxylation is 1. The summed E-state index contributed by atoms with van der Waals surface area (Å²) in [7, 11) is -3.27. The maximum atomic E-state index is 12.0. The summed E-state index contributed by atoms with van der Waals surface area (Å²) < 4.78 is 28.8. The molecule has 6 nitrogen and oxygen atoms in total. The van der Waals surface area contributed by atoms with Crippen molar-refractivity contribution in [3.05, 3.63) is 47.9 Å². The van der Waals surface area contributed by atoms with Gasteiger partial charge in [0.25, 0.3) is 0 Å². The maximum Gasteiger partial charge on any atom is 0.224 e. The first-order valence-electron chi connectivity index (χ1n) is 7.87. The van der Waals surface area contributed by atoms with Crippen LogP contribution in [0.25, 0.3) is 0 Å². The van der Waals surface area contributed by atoms with Gasteiger partial charge in [0.05, 0.1) is 22.8 Å². The van der Waals surface area contributed by atoms with Gasteiger partial charge in [-0.3, -0.25) is 4.79 Å². The van der Waals surface area contributed by atoms with E-state index in [4.69, 9.17) is 4.52 Å². The lowest BCUT2D eigenvalue weighted by Crippen LogP contribution is -2.26. The Morgan fingerprint density at radius 2 is 1.92 bits per heavy atom. The van der Waals surface area contributed by atoms with Gasteiger partial charge in [0, 0.05) is 12.1 Å². The standard InChI is InChI=1S/C17H22N2O4S/c1-13(2)24(21,22)16-7-5-14(6-8-16)10-17(20)18-9-3-4-15-11-19-23-12-15/h5-8,11-13H,3-4,9-10H2,1-2H3,(H,18,20). The molecule has 0 bridgehead atoms. The summed E-state index contributed by atoms with van der Waals surface area (Å²) in [5.41, 5.74) is 1.79. The second-order valence-electron chi connectivity index (χ2n) is 5.90. The Bertz CT molecular complexity index is 750. The van der Waals surface area contributed by atoms with Crippen molar-refractivity contribution >= 4 is 15.7 Å². The average molecular weight is 350 g/mol. The maximum absolute atomic E-state index is 12.0. The number of rotatable bonds is 8. The molecule has 2 rings (SSSR count). The van der Waals surface area contributed by atoms with Crippen LogP contribution < -0.4 is 5.32 Å². The normalized spacial score (nSPS) is 11.6. The fourth-order valence-corrected chi connectivity index (χ4v) is 3.25. The van der Waals surface area contributed by atoms with Gasteiger partial charge in [0.15, 0.2) is 9.84 Å². The van der Waals surface area contributed by atoms with Crippen LogP contribution >= 0.6 is 0 Å². The Balaban J connectivity index is 1.79. The minimum atomic E-state index is -3.27. The van der Waals surface area contributed by atoms with Gasteiger partial charge in [0.2, 0.25) is 5.91 Å². The lowest BCUT2D eigenvalue weighted by atomic mass is 10.1. The monoisotopic (exact) mass is 350 g/mol. The van der Waals surface area contributed by atoms with E-state index in [1.165, 1.54) is 0 Å². The van der Waals surface area contributed by atoms with Crippen molar-refractivity contribution < 1.29 is 17.7 Å². The molecule has 0 aliphatic heterocycles. The summed E-state index contributed by atoms with van der Waals surface area (Å²) in [6.07, 6.45) is 5.09. The molecule has 0 saturated heterocycles. The van der Waals surface area contributed by atoms with E-state index >= 15 is 0 Å². The van der Waals surface area contributed by atoms with E-state index in [1.807, 2.05) is 0 Å². The molecule has 0 aliphatic rings. The van der Waals surface area contributed by atoms with Gasteiger partial charge in [-0.2, -0.15) is 0 Å². The summed E-state index contributed by atoms with van der Waals surface area (Å²) >= 11 is 0. The van der Waals surface area contributed by atoms with Crippen LogP contribution in [0.2, 0.25) is 0 Å². The van der Waals surface area contributed by atoms with Gasteiger partial charge < -0.3 is 9.84 Å². The fraction of sp³-hybridized carbons (Fsp3) is 0.412. The molecule has 24 heavy (non-hydrogen) atoms. The molecule has 1 heterocycles. The number of nitrogens with zero attached hydrogens (tertiary/aromatic N) is 1. The van der Waals surface area contributed by atoms with E-state index in [2.05, 4.69) is 10.5 Å². The summed E-state index contributed by atoms with van der Waals surface area (Å²) in [5, 5.41) is 6.01. The molecule has 0 unspecified atom stereocenters. The van der Waals surface area contributed by atoms with Crippen LogP contribution in [0.4, 0.5) is 0 Å². The molecule has 1 aromatic heterocycles. The van der Waals surface area contributed by atoms with Crippen molar-refractivity contribution in [2.45, 2.75) is 43.3 Å². The minimum Gasteiger partial charge on any atom is -0.364 e. The zero-order chi connectivity index (χ0) is 17.6. The van der Waals surface area contributed by atoms with E-state index in [-0.39, 0.29) is 17.2 Å². The number of carbonyl (C=O) groups is 1. The van der Waals surface area contributed by atoms with Gasteiger partial charge in [-0.05, 0) is 44.4 Å². The predicted molar refractivity (Wildman–Crippen MR) is 90.3 cm³/mol. The van der Waals surface area contributed by atoms with E-state index in [9.17, 15) is 13.2 Å². The average Bonchev–Trinajstić information content (AvgIpc) is 3.05. The Morgan fingerprint density at radius 1 is 1.21 bits per heavy atom. The molecule has 2 aromatic rings. The first-order valence-corrected chi connectivity index (χ1v) is 9.42. The Hall–Kier alpha value is -2.15. The highest BCUT2D eigenvalue weighted by atomic mass is 32.2. The quantitative estimate of drug-likeness (QED) is 0.737. The number of amides is 1. The summed E-state index contributed by atoms with van der Waals surface area (Å²) in [6.45, 7) is 3.87. The summed E-state index contributed by atoms with van der Waals surface area (Å²) in [4.78, 5) is 12.2. The first-order chi connectivity index (χ1) is 11.4. The molecular formula is C17H22N2O4S. The number of aromatic nitrogens is 1. The van der Waals surface area contributed by atoms with E-state index in [0.29, 0.717) is 6.54 Å². The highest BCUT2D eigenvalue weighted by Gasteiger charge is 2.18. The van der Waals surface area contributed by atoms with E-state index in [0.717, 1.165) is 24.0 Å². The molecule has 1 N–H and O–H groups in total. The van der Waals surface area contributed by atoms with E-state index < -0.39 is 15.1 Å². The molecule has 0 saturated carbocycles. The molecule has 0 spiro atoms. The molecule has 1 amide bonds. The Labute approximate surface area is 142 Å². The smallest absolute Gasteiger partial charge is 0.224 e. The highest BCUT2D eigenvalue weighted by molar-refractivity contribution is 7.92. The number of carbonyl (C=O) groups excluding carboxylic acids is 1. The second-order valence-corrected chi connectivity index (χ2v) is 8.40. The van der Waals surface area contributed by atoms with Crippen LogP contribution in [0, 0.1) is 0 Å². The third-order valence-corrected chi connectivity index (χ3v) is 5.86. The predicted octanol–water partition coefficient (Wildman–Crippen LogP) is 2.15. The van der Waals surface area contributed by atoms with Crippen LogP contribution in [0.15, 0.2) is 46.1 Å². The van der Waals surface area contributed by atoms with Crippen molar-refractivity contribution in [1.82, 2.24) is 10.5 Å². The molecule has 0 atom stereocenters. The van der Waals surface area contributed by atoms with Crippen molar-refractivity contribution in [2.24, 2.45) is 0 Å². The molecular weight excluding hydrogens is 328 g/mol. The lowest BCUT2D eigenvalue weighted by molar-refractivity contribution is -0.120. The molecule has 0 fully saturated rings. The van der Waals surface area contributed by atoms with Crippen molar-refractivity contribution in [3.8, 4) is 0 Å². The van der Waals surface area contributed by atoms with Crippen LogP contribution in [-0.4, -0.2) is 31.3 Å². The van der Waals surface area contributed by atoms with Crippen molar-refractivity contribution in [1.29, 1.82) is 0 Å². The number of benzene rings is 1. The number of hydrogen-bond donors (Lipinski definition) is 1. The molecule has 0 aliphatic carbocycles. The molecule has 1 aromatic carbocycles. The molecule has 0 radical (unpaired) electrons. The van der Waals surface area contributed by atoms with Gasteiger partial charge >= 0.3 is 0 Å². The zero-order valence-corrected chi connectivity index (χ0v) is 14.7. The second kappa shape index (κ2) is 8.10. The topological polar surface area (TPSA) is 89.3 Å². The van der Waals surface area contributed by atoms with Gasteiger partial charge in [-0.1, -0.05) is 17.3 Å². The summed E-state index contributed by atoms with van der Waals surface area (Å²) in [5.74, 6) is -0.0835. The van der Waals surface area contributed by atoms with E-state index in [1.54, 1.807) is 50.6 Å². The summed E-state index contributed by atoms with van der Waals surface area (Å²) in [6, 6.07) is 6.49. The third kappa shape index (κ3) is 4.92. The fourth-order valence-electron chi connectivity index (χ4n) is 2.19. The van der Waals surface area contributed by atoms with Gasteiger partial charge in [-0.15, -0.1) is 0 Å². The zero-order valence-electron chi connectivity index (χ0n) is 13.9. The third-order valence-electron chi connectivity index (χ3n) is 3.69. The van der Waals surface area contributed by atoms with Crippen LogP contribution in [0.1, 0.15) is 31.4 Å². The Morgan fingerprint density at radius 3 is 2.50 bits per heavy atom. The van der Waals surface area contributed by atoms with Gasteiger partial charge in [-0.25, -0.2) is 8.42 Å². The minimum absolute atomic E-state index is 0.0835. The van der Waals surface area contributed by atoms with Crippen LogP contribution in [-0.2, 0) is 27.5 Å². The highest BCUT2D eigenvalue weighted by Crippen LogP contribution is 2.16. The largest absolute Gasteiger partial charge is 0.364 e. The molecule has 7 heteroatoms. The Kier molecular flexibility index (Phi) is 6.14. The number of hydrogen-bond acceptors (Lipinski definition) is 5. The van der Waals surface area contributed by atoms with Crippen molar-refractivity contribution in [2.75, 3.05) is 6.54 Å². The molecule has 130 valence electrons. The first kappa shape index (κ1) is 18.2. The number of nitrogens with one attached hydrogen (secondary N) is 1. The van der Waals surface area contributed by atoms with Crippen molar-refractivity contribution in [3.63, 3.8) is 0 Å². The van der Waals surface area contributed by atoms with Crippen LogP contribution in [0.3, 0.4) is 0 Å². The van der Waals surface area contributed by atoms with Gasteiger partial charge in [0.1, 0.15) is 6.26 Å². The SMILES string of the molecule is CC(C)S(=O)(=O)c1ccc(CC(=O)NCCCc2cnoc2)cc1. The van der Waals surface area contributed by atoms with Crippen LogP contribution in [0.5, 0.6) is 0 Å².